The first-order valence-electron chi connectivity index (χ1n) is 13.6. The number of aliphatic hydroxyl groups excluding tert-OH is 1. The summed E-state index contributed by atoms with van der Waals surface area (Å²) in [5.74, 6) is -1.46. The van der Waals surface area contributed by atoms with Crippen LogP contribution in [-0.2, 0) is 11.2 Å². The topological polar surface area (TPSA) is 84.1 Å². The molecule has 10 heteroatoms. The number of anilines is 1. The van der Waals surface area contributed by atoms with Crippen molar-refractivity contribution in [3.8, 4) is 0 Å². The quantitative estimate of drug-likeness (QED) is 0.297. The number of hydrogen-bond donors (Lipinski definition) is 1. The molecule has 6 rings (SSSR count). The van der Waals surface area contributed by atoms with Crippen molar-refractivity contribution in [1.29, 1.82) is 0 Å². The van der Waals surface area contributed by atoms with Crippen LogP contribution in [-0.4, -0.2) is 49.4 Å². The zero-order chi connectivity index (χ0) is 28.0. The molecule has 0 saturated heterocycles. The lowest BCUT2D eigenvalue weighted by Crippen LogP contribution is -2.42. The van der Waals surface area contributed by atoms with E-state index in [9.17, 15) is 23.1 Å². The first kappa shape index (κ1) is 26.4. The van der Waals surface area contributed by atoms with Crippen molar-refractivity contribution in [2.45, 2.75) is 56.8 Å². The molecule has 4 aromatic rings. The van der Waals surface area contributed by atoms with Crippen LogP contribution in [0.3, 0.4) is 0 Å². The van der Waals surface area contributed by atoms with Crippen molar-refractivity contribution in [3.63, 3.8) is 0 Å². The van der Waals surface area contributed by atoms with E-state index in [-0.39, 0.29) is 24.3 Å². The highest BCUT2D eigenvalue weighted by Gasteiger charge is 2.45. The minimum atomic E-state index is -4.95. The van der Waals surface area contributed by atoms with Gasteiger partial charge in [0.25, 0.3) is 0 Å². The van der Waals surface area contributed by atoms with Crippen LogP contribution in [0.15, 0.2) is 55.5 Å². The molecule has 7 nitrogen and oxygen atoms in total. The van der Waals surface area contributed by atoms with Crippen LogP contribution >= 0.6 is 0 Å². The molecule has 1 N–H and O–H groups in total. The van der Waals surface area contributed by atoms with Gasteiger partial charge >= 0.3 is 12.1 Å². The van der Waals surface area contributed by atoms with E-state index in [2.05, 4.69) is 21.5 Å². The number of aromatic nitrogens is 4. The molecule has 3 aromatic heterocycles. The van der Waals surface area contributed by atoms with Crippen molar-refractivity contribution in [2.24, 2.45) is 11.8 Å². The number of hydrogen-bond acceptors (Lipinski definition) is 5. The van der Waals surface area contributed by atoms with E-state index in [0.717, 1.165) is 64.7 Å². The Labute approximate surface area is 229 Å². The molecule has 0 bridgehead atoms. The number of carbonyl (C=O) groups excluding carboxylic acids is 1. The minimum Gasteiger partial charge on any atom is -0.391 e. The first-order chi connectivity index (χ1) is 19.2. The Morgan fingerprint density at radius 3 is 2.67 bits per heavy atom. The summed E-state index contributed by atoms with van der Waals surface area (Å²) in [4.78, 5) is 26.1. The van der Waals surface area contributed by atoms with Gasteiger partial charge in [0.1, 0.15) is 17.8 Å². The Kier molecular flexibility index (Phi) is 6.82. The van der Waals surface area contributed by atoms with E-state index in [0.29, 0.717) is 17.9 Å². The minimum absolute atomic E-state index is 0.0271. The van der Waals surface area contributed by atoms with Crippen LogP contribution in [0, 0.1) is 11.8 Å². The number of pyridine rings is 1. The van der Waals surface area contributed by atoms with Gasteiger partial charge in [-0.25, -0.2) is 15.0 Å². The molecule has 0 radical (unpaired) electrons. The van der Waals surface area contributed by atoms with Gasteiger partial charge < -0.3 is 9.67 Å². The average Bonchev–Trinajstić information content (AvgIpc) is 3.54. The van der Waals surface area contributed by atoms with Gasteiger partial charge in [-0.1, -0.05) is 18.7 Å². The predicted molar refractivity (Wildman–Crippen MR) is 147 cm³/mol. The van der Waals surface area contributed by atoms with Gasteiger partial charge in [0.05, 0.1) is 23.4 Å². The second-order valence-electron chi connectivity index (χ2n) is 11.0. The summed E-state index contributed by atoms with van der Waals surface area (Å²) < 4.78 is 41.9. The lowest BCUT2D eigenvalue weighted by Gasteiger charge is -2.23. The van der Waals surface area contributed by atoms with Gasteiger partial charge in [0.15, 0.2) is 0 Å². The zero-order valence-electron chi connectivity index (χ0n) is 21.9. The summed E-state index contributed by atoms with van der Waals surface area (Å²) in [5, 5.41) is 12.6. The van der Waals surface area contributed by atoms with Gasteiger partial charge in [-0.05, 0) is 86.3 Å². The number of carbonyl (C=O) groups is 1. The predicted octanol–water partition coefficient (Wildman–Crippen LogP) is 5.87. The fourth-order valence-corrected chi connectivity index (χ4v) is 5.87. The lowest BCUT2D eigenvalue weighted by molar-refractivity contribution is -0.170. The number of nitrogens with zero attached hydrogens (tertiary/aromatic N) is 5. The maximum atomic E-state index is 13.3. The monoisotopic (exact) mass is 549 g/mol. The lowest BCUT2D eigenvalue weighted by atomic mass is 9.97. The van der Waals surface area contributed by atoms with E-state index in [1.165, 1.54) is 12.4 Å². The molecular formula is C30H30F3N5O2. The molecule has 2 aliphatic carbocycles. The van der Waals surface area contributed by atoms with E-state index in [1.807, 2.05) is 35.0 Å². The number of aliphatic hydroxyl groups is 1. The molecule has 2 aliphatic rings. The number of halogens is 3. The molecule has 208 valence electrons. The summed E-state index contributed by atoms with van der Waals surface area (Å²) >= 11 is 0. The molecule has 0 aliphatic heterocycles. The second-order valence-corrected chi connectivity index (χ2v) is 11.0. The Balaban J connectivity index is 1.17. The molecule has 0 unspecified atom stereocenters. The number of amides is 1. The van der Waals surface area contributed by atoms with E-state index in [4.69, 9.17) is 0 Å². The SMILES string of the molecule is C=Cc1ncnc2c1ccn2[C@@H]1C[C@H](CCc2ccc3ccc(N(CC4CC4)C(=O)C(F)(F)F)nc3c2)C[C@H]1O. The van der Waals surface area contributed by atoms with Crippen molar-refractivity contribution < 1.29 is 23.1 Å². The third kappa shape index (κ3) is 5.20. The highest BCUT2D eigenvalue weighted by molar-refractivity contribution is 5.97. The second kappa shape index (κ2) is 10.3. The molecule has 2 saturated carbocycles. The Hall–Kier alpha value is -3.79. The Bertz CT molecular complexity index is 1580. The smallest absolute Gasteiger partial charge is 0.391 e. The normalized spacial score (nSPS) is 21.2. The van der Waals surface area contributed by atoms with E-state index < -0.39 is 18.2 Å². The summed E-state index contributed by atoms with van der Waals surface area (Å²) in [6.07, 6.45) is 4.43. The molecule has 2 fully saturated rings. The molecule has 3 heterocycles. The highest BCUT2D eigenvalue weighted by Crippen LogP contribution is 2.39. The van der Waals surface area contributed by atoms with Gasteiger partial charge in [-0.15, -0.1) is 0 Å². The van der Waals surface area contributed by atoms with Crippen molar-refractivity contribution in [1.82, 2.24) is 19.5 Å². The van der Waals surface area contributed by atoms with Crippen LogP contribution in [0.1, 0.15) is 49.4 Å². The van der Waals surface area contributed by atoms with Crippen molar-refractivity contribution >= 4 is 39.7 Å². The largest absolute Gasteiger partial charge is 0.471 e. The molecule has 1 amide bonds. The molecular weight excluding hydrogens is 519 g/mol. The van der Waals surface area contributed by atoms with Crippen LogP contribution in [0.25, 0.3) is 28.0 Å². The first-order valence-corrected chi connectivity index (χ1v) is 13.6. The van der Waals surface area contributed by atoms with E-state index in [1.54, 1.807) is 12.1 Å². The van der Waals surface area contributed by atoms with Crippen LogP contribution in [0.5, 0.6) is 0 Å². The molecule has 40 heavy (non-hydrogen) atoms. The third-order valence-corrected chi connectivity index (χ3v) is 8.17. The van der Waals surface area contributed by atoms with Gasteiger partial charge in [0.2, 0.25) is 0 Å². The van der Waals surface area contributed by atoms with Gasteiger partial charge in [-0.2, -0.15) is 13.2 Å². The van der Waals surface area contributed by atoms with Crippen molar-refractivity contribution in [2.75, 3.05) is 11.4 Å². The van der Waals surface area contributed by atoms with Crippen LogP contribution in [0.4, 0.5) is 19.0 Å². The molecule has 1 aromatic carbocycles. The Morgan fingerprint density at radius 2 is 1.93 bits per heavy atom. The highest BCUT2D eigenvalue weighted by atomic mass is 19.4. The number of aryl methyl sites for hydroxylation is 1. The number of fused-ring (bicyclic) bond motifs is 2. The summed E-state index contributed by atoms with van der Waals surface area (Å²) in [6, 6.07) is 10.9. The number of benzene rings is 1. The number of rotatable bonds is 8. The third-order valence-electron chi connectivity index (χ3n) is 8.17. The standard InChI is InChI=1S/C30H30F3N5O2/c1-2-23-22-11-12-37(28(22)35-17-34-23)25-14-20(15-26(25)39)6-3-18-7-8-21-9-10-27(36-24(21)13-18)38(16-19-4-5-19)29(40)30(31,32)33/h2,7-13,17,19-20,25-26,39H,1,3-6,14-16H2/t20-,25+,26+/m0/s1. The van der Waals surface area contributed by atoms with Gasteiger partial charge in [0, 0.05) is 23.5 Å². The van der Waals surface area contributed by atoms with Gasteiger partial charge in [-0.3, -0.25) is 9.69 Å². The van der Waals surface area contributed by atoms with Crippen LogP contribution < -0.4 is 4.90 Å². The summed E-state index contributed by atoms with van der Waals surface area (Å²) in [6.45, 7) is 3.84. The fraction of sp³-hybridized carbons (Fsp3) is 0.400. The number of alkyl halides is 3. The zero-order valence-corrected chi connectivity index (χ0v) is 21.9. The summed E-state index contributed by atoms with van der Waals surface area (Å²) in [7, 11) is 0. The molecule has 0 spiro atoms. The maximum Gasteiger partial charge on any atom is 0.471 e. The Morgan fingerprint density at radius 1 is 1.12 bits per heavy atom. The van der Waals surface area contributed by atoms with E-state index >= 15 is 0 Å². The molecule has 3 atom stereocenters. The fourth-order valence-electron chi connectivity index (χ4n) is 5.87. The van der Waals surface area contributed by atoms with Crippen molar-refractivity contribution in [3.05, 3.63) is 66.8 Å². The van der Waals surface area contributed by atoms with Crippen LogP contribution in [0.2, 0.25) is 0 Å². The average molecular weight is 550 g/mol. The summed E-state index contributed by atoms with van der Waals surface area (Å²) in [5.41, 5.74) is 3.12. The maximum absolute atomic E-state index is 13.3.